The van der Waals surface area contributed by atoms with E-state index in [4.69, 9.17) is 16.6 Å². The fraction of sp³-hybridized carbons (Fsp3) is 0.0417. The topological polar surface area (TPSA) is 83.4 Å². The number of amides is 2. The summed E-state index contributed by atoms with van der Waals surface area (Å²) in [5.74, 6) is -0.395. The number of benzene rings is 3. The van der Waals surface area contributed by atoms with E-state index in [0.29, 0.717) is 22.5 Å². The molecule has 0 aliphatic heterocycles. The van der Waals surface area contributed by atoms with Gasteiger partial charge in [-0.2, -0.15) is 0 Å². The number of hydrogen-bond donors (Lipinski definition) is 3. The Morgan fingerprint density at radius 2 is 1.66 bits per heavy atom. The van der Waals surface area contributed by atoms with Crippen LogP contribution in [-0.2, 0) is 0 Å². The molecule has 3 aromatic carbocycles. The summed E-state index contributed by atoms with van der Waals surface area (Å²) < 4.78 is 6.50. The van der Waals surface area contributed by atoms with Gasteiger partial charge in [0.05, 0.1) is 0 Å². The van der Waals surface area contributed by atoms with Gasteiger partial charge < -0.3 is 15.1 Å². The first-order chi connectivity index (χ1) is 15.4. The summed E-state index contributed by atoms with van der Waals surface area (Å²) in [5, 5.41) is 9.54. The summed E-state index contributed by atoms with van der Waals surface area (Å²) >= 11 is 8.58. The molecular formula is C24H18BrN3O3S. The first-order valence-corrected chi connectivity index (χ1v) is 10.9. The molecule has 32 heavy (non-hydrogen) atoms. The number of carbonyl (C=O) groups excluding carboxylic acids is 2. The lowest BCUT2D eigenvalue weighted by Gasteiger charge is -2.12. The number of furan rings is 1. The van der Waals surface area contributed by atoms with Gasteiger partial charge in [-0.3, -0.25) is 14.9 Å². The number of rotatable bonds is 4. The monoisotopic (exact) mass is 507 g/mol. The van der Waals surface area contributed by atoms with Crippen molar-refractivity contribution >= 4 is 67.4 Å². The van der Waals surface area contributed by atoms with Crippen LogP contribution in [0.15, 0.2) is 81.7 Å². The lowest BCUT2D eigenvalue weighted by Crippen LogP contribution is -2.34. The van der Waals surface area contributed by atoms with Crippen LogP contribution in [0.5, 0.6) is 0 Å². The normalized spacial score (nSPS) is 10.6. The summed E-state index contributed by atoms with van der Waals surface area (Å²) in [6.45, 7) is 1.86. The quantitative estimate of drug-likeness (QED) is 0.300. The number of hydrogen-bond acceptors (Lipinski definition) is 4. The Kier molecular flexibility index (Phi) is 6.34. The standard InChI is InChI=1S/C24H18BrN3O3S/c1-14-12-18(26-24(32)28-22(29)15-6-8-17(25)9-7-15)10-11-19(14)27-23(30)21-13-16-4-2-3-5-20(16)31-21/h2-13H,1H3,(H,27,30)(H2,26,28,29,32). The van der Waals surface area contributed by atoms with Crippen LogP contribution in [0.25, 0.3) is 11.0 Å². The zero-order valence-corrected chi connectivity index (χ0v) is 19.3. The van der Waals surface area contributed by atoms with Crippen LogP contribution in [0, 0.1) is 6.92 Å². The SMILES string of the molecule is Cc1cc(NC(=S)NC(=O)c2ccc(Br)cc2)ccc1NC(=O)c1cc2ccccc2o1. The van der Waals surface area contributed by atoms with Crippen molar-refractivity contribution in [1.82, 2.24) is 5.32 Å². The Morgan fingerprint density at radius 1 is 0.906 bits per heavy atom. The molecule has 4 aromatic rings. The van der Waals surface area contributed by atoms with Crippen molar-refractivity contribution in [2.24, 2.45) is 0 Å². The number of aryl methyl sites for hydroxylation is 1. The molecule has 6 nitrogen and oxygen atoms in total. The van der Waals surface area contributed by atoms with Gasteiger partial charge in [-0.1, -0.05) is 34.1 Å². The van der Waals surface area contributed by atoms with Crippen molar-refractivity contribution in [1.29, 1.82) is 0 Å². The molecule has 0 atom stereocenters. The van der Waals surface area contributed by atoms with Gasteiger partial charge in [0.1, 0.15) is 5.58 Å². The molecule has 0 unspecified atom stereocenters. The van der Waals surface area contributed by atoms with Crippen molar-refractivity contribution in [3.63, 3.8) is 0 Å². The Hall–Kier alpha value is -3.49. The fourth-order valence-electron chi connectivity index (χ4n) is 3.10. The van der Waals surface area contributed by atoms with E-state index < -0.39 is 0 Å². The summed E-state index contributed by atoms with van der Waals surface area (Å²) in [7, 11) is 0. The average molecular weight is 508 g/mol. The van der Waals surface area contributed by atoms with Crippen molar-refractivity contribution in [3.05, 3.63) is 94.2 Å². The van der Waals surface area contributed by atoms with Crippen LogP contribution in [0.1, 0.15) is 26.5 Å². The van der Waals surface area contributed by atoms with Gasteiger partial charge >= 0.3 is 0 Å². The van der Waals surface area contributed by atoms with Crippen molar-refractivity contribution < 1.29 is 14.0 Å². The largest absolute Gasteiger partial charge is 0.451 e. The molecule has 3 N–H and O–H groups in total. The predicted octanol–water partition coefficient (Wildman–Crippen LogP) is 5.88. The van der Waals surface area contributed by atoms with Crippen LogP contribution in [0.4, 0.5) is 11.4 Å². The number of carbonyl (C=O) groups is 2. The molecule has 0 aliphatic carbocycles. The Bertz CT molecular complexity index is 1300. The van der Waals surface area contributed by atoms with Crippen LogP contribution < -0.4 is 16.0 Å². The summed E-state index contributed by atoms with van der Waals surface area (Å²) in [5.41, 5.74) is 3.31. The van der Waals surface area contributed by atoms with E-state index in [1.165, 1.54) is 0 Å². The average Bonchev–Trinajstić information content (AvgIpc) is 3.20. The number of para-hydroxylation sites is 1. The molecule has 0 aliphatic rings. The third kappa shape index (κ3) is 5.04. The second kappa shape index (κ2) is 9.33. The maximum atomic E-state index is 12.6. The molecule has 4 rings (SSSR count). The van der Waals surface area contributed by atoms with E-state index >= 15 is 0 Å². The molecule has 1 aromatic heterocycles. The maximum absolute atomic E-state index is 12.6. The second-order valence-corrected chi connectivity index (χ2v) is 8.37. The van der Waals surface area contributed by atoms with Gasteiger partial charge in [-0.15, -0.1) is 0 Å². The van der Waals surface area contributed by atoms with E-state index in [0.717, 1.165) is 15.4 Å². The van der Waals surface area contributed by atoms with Gasteiger partial charge in [0.25, 0.3) is 11.8 Å². The predicted molar refractivity (Wildman–Crippen MR) is 133 cm³/mol. The van der Waals surface area contributed by atoms with Crippen molar-refractivity contribution in [2.75, 3.05) is 10.6 Å². The minimum Gasteiger partial charge on any atom is -0.451 e. The number of nitrogens with one attached hydrogen (secondary N) is 3. The zero-order valence-electron chi connectivity index (χ0n) is 16.9. The third-order valence-electron chi connectivity index (χ3n) is 4.72. The first kappa shape index (κ1) is 21.7. The highest BCUT2D eigenvalue weighted by Crippen LogP contribution is 2.23. The molecule has 160 valence electrons. The summed E-state index contributed by atoms with van der Waals surface area (Å²) in [4.78, 5) is 24.9. The summed E-state index contributed by atoms with van der Waals surface area (Å²) in [6, 6.07) is 21.5. The van der Waals surface area contributed by atoms with Crippen LogP contribution in [0.2, 0.25) is 0 Å². The maximum Gasteiger partial charge on any atom is 0.291 e. The Morgan fingerprint density at radius 3 is 2.38 bits per heavy atom. The molecule has 0 saturated carbocycles. The van der Waals surface area contributed by atoms with E-state index in [1.807, 2.05) is 37.3 Å². The van der Waals surface area contributed by atoms with Gasteiger partial charge in [-0.25, -0.2) is 0 Å². The molecule has 0 fully saturated rings. The first-order valence-electron chi connectivity index (χ1n) is 9.67. The number of anilines is 2. The van der Waals surface area contributed by atoms with Gasteiger partial charge in [0.2, 0.25) is 0 Å². The van der Waals surface area contributed by atoms with E-state index in [1.54, 1.807) is 42.5 Å². The highest BCUT2D eigenvalue weighted by molar-refractivity contribution is 9.10. The number of halogens is 1. The zero-order chi connectivity index (χ0) is 22.7. The highest BCUT2D eigenvalue weighted by Gasteiger charge is 2.14. The minimum atomic E-state index is -0.331. The number of fused-ring (bicyclic) bond motifs is 1. The molecule has 0 bridgehead atoms. The van der Waals surface area contributed by atoms with Crippen molar-refractivity contribution in [3.8, 4) is 0 Å². The van der Waals surface area contributed by atoms with E-state index in [-0.39, 0.29) is 22.7 Å². The van der Waals surface area contributed by atoms with Gasteiger partial charge in [0.15, 0.2) is 10.9 Å². The van der Waals surface area contributed by atoms with Gasteiger partial charge in [0, 0.05) is 26.8 Å². The second-order valence-electron chi connectivity index (χ2n) is 7.05. The van der Waals surface area contributed by atoms with E-state index in [9.17, 15) is 9.59 Å². The lowest BCUT2D eigenvalue weighted by molar-refractivity contribution is 0.0975. The Balaban J connectivity index is 1.39. The molecule has 8 heteroatoms. The molecule has 0 spiro atoms. The summed E-state index contributed by atoms with van der Waals surface area (Å²) in [6.07, 6.45) is 0. The molecular weight excluding hydrogens is 490 g/mol. The van der Waals surface area contributed by atoms with E-state index in [2.05, 4.69) is 31.9 Å². The Labute approximate surface area is 198 Å². The van der Waals surface area contributed by atoms with Crippen LogP contribution in [0.3, 0.4) is 0 Å². The number of thiocarbonyl (C=S) groups is 1. The third-order valence-corrected chi connectivity index (χ3v) is 5.45. The van der Waals surface area contributed by atoms with Crippen LogP contribution in [-0.4, -0.2) is 16.9 Å². The van der Waals surface area contributed by atoms with Crippen molar-refractivity contribution in [2.45, 2.75) is 6.92 Å². The fourth-order valence-corrected chi connectivity index (χ4v) is 3.57. The minimum absolute atomic E-state index is 0.177. The molecule has 0 radical (unpaired) electrons. The highest BCUT2D eigenvalue weighted by atomic mass is 79.9. The molecule has 1 heterocycles. The van der Waals surface area contributed by atoms with Crippen LogP contribution >= 0.6 is 28.1 Å². The van der Waals surface area contributed by atoms with Gasteiger partial charge in [-0.05, 0) is 79.3 Å². The smallest absolute Gasteiger partial charge is 0.291 e. The molecule has 2 amide bonds. The lowest BCUT2D eigenvalue weighted by atomic mass is 10.1. The molecule has 0 saturated heterocycles.